The molecule has 2 aromatic rings. The SMILES string of the molecule is C=Cc1cc(N2CCC(C(=C)NCCCCCCCCN3CCN(c4ccccc4)CC3)CC2)ccc1N. The first-order valence-corrected chi connectivity index (χ1v) is 14.9. The number of nitrogens with zero attached hydrogens (tertiary/aromatic N) is 3. The molecule has 0 spiro atoms. The van der Waals surface area contributed by atoms with Crippen LogP contribution in [0.15, 0.2) is 67.4 Å². The van der Waals surface area contributed by atoms with E-state index < -0.39 is 0 Å². The van der Waals surface area contributed by atoms with Crippen molar-refractivity contribution in [1.29, 1.82) is 0 Å². The van der Waals surface area contributed by atoms with E-state index in [0.717, 1.165) is 56.8 Å². The minimum absolute atomic E-state index is 0.577. The van der Waals surface area contributed by atoms with E-state index in [-0.39, 0.29) is 0 Å². The highest BCUT2D eigenvalue weighted by atomic mass is 15.3. The van der Waals surface area contributed by atoms with Gasteiger partial charge in [-0.15, -0.1) is 0 Å². The smallest absolute Gasteiger partial charge is 0.0388 e. The van der Waals surface area contributed by atoms with Crippen molar-refractivity contribution in [2.75, 3.05) is 67.9 Å². The lowest BCUT2D eigenvalue weighted by Gasteiger charge is -2.36. The van der Waals surface area contributed by atoms with Crippen LogP contribution in [-0.4, -0.2) is 57.3 Å². The number of nitrogens with one attached hydrogen (secondary N) is 1. The highest BCUT2D eigenvalue weighted by Crippen LogP contribution is 2.28. The molecule has 2 heterocycles. The van der Waals surface area contributed by atoms with E-state index in [4.69, 9.17) is 5.73 Å². The molecule has 2 saturated heterocycles. The van der Waals surface area contributed by atoms with Crippen molar-refractivity contribution in [3.63, 3.8) is 0 Å². The van der Waals surface area contributed by atoms with Crippen molar-refractivity contribution in [3.8, 4) is 0 Å². The first-order valence-electron chi connectivity index (χ1n) is 14.9. The number of hydrogen-bond acceptors (Lipinski definition) is 5. The lowest BCUT2D eigenvalue weighted by molar-refractivity contribution is 0.252. The van der Waals surface area contributed by atoms with Crippen LogP contribution in [-0.2, 0) is 0 Å². The second-order valence-electron chi connectivity index (χ2n) is 11.0. The van der Waals surface area contributed by atoms with Crippen LogP contribution in [0.3, 0.4) is 0 Å². The Morgan fingerprint density at radius 1 is 0.816 bits per heavy atom. The van der Waals surface area contributed by atoms with E-state index in [1.54, 1.807) is 0 Å². The van der Waals surface area contributed by atoms with Crippen LogP contribution in [0, 0.1) is 5.92 Å². The molecular formula is C33H49N5. The van der Waals surface area contributed by atoms with Crippen LogP contribution in [0.2, 0.25) is 0 Å². The van der Waals surface area contributed by atoms with Crippen LogP contribution in [0.5, 0.6) is 0 Å². The van der Waals surface area contributed by atoms with Crippen LogP contribution in [0.4, 0.5) is 17.1 Å². The summed E-state index contributed by atoms with van der Waals surface area (Å²) in [5, 5.41) is 3.64. The molecule has 0 unspecified atom stereocenters. The van der Waals surface area contributed by atoms with Gasteiger partial charge in [-0.25, -0.2) is 0 Å². The summed E-state index contributed by atoms with van der Waals surface area (Å²) in [5.74, 6) is 0.577. The van der Waals surface area contributed by atoms with Crippen molar-refractivity contribution in [2.45, 2.75) is 51.4 Å². The van der Waals surface area contributed by atoms with Crippen LogP contribution < -0.4 is 20.9 Å². The van der Waals surface area contributed by atoms with Crippen LogP contribution >= 0.6 is 0 Å². The Morgan fingerprint density at radius 3 is 2.18 bits per heavy atom. The molecule has 2 aromatic carbocycles. The molecule has 0 saturated carbocycles. The third-order valence-corrected chi connectivity index (χ3v) is 8.39. The van der Waals surface area contributed by atoms with Gasteiger partial charge in [0.05, 0.1) is 0 Å². The lowest BCUT2D eigenvalue weighted by atomic mass is 9.93. The average molecular weight is 516 g/mol. The highest BCUT2D eigenvalue weighted by molar-refractivity contribution is 5.69. The van der Waals surface area contributed by atoms with Gasteiger partial charge in [-0.05, 0) is 68.1 Å². The average Bonchev–Trinajstić information content (AvgIpc) is 2.97. The maximum Gasteiger partial charge on any atom is 0.0388 e. The zero-order valence-electron chi connectivity index (χ0n) is 23.4. The minimum Gasteiger partial charge on any atom is -0.398 e. The molecule has 4 rings (SSSR count). The predicted octanol–water partition coefficient (Wildman–Crippen LogP) is 6.39. The second-order valence-corrected chi connectivity index (χ2v) is 11.0. The first-order chi connectivity index (χ1) is 18.6. The van der Waals surface area contributed by atoms with E-state index in [1.807, 2.05) is 12.1 Å². The summed E-state index contributed by atoms with van der Waals surface area (Å²) in [6, 6.07) is 17.1. The van der Waals surface area contributed by atoms with Gasteiger partial charge < -0.3 is 20.9 Å². The Balaban J connectivity index is 0.987. The topological polar surface area (TPSA) is 47.8 Å². The Labute approximate surface area is 231 Å². The number of nitrogen functional groups attached to an aromatic ring is 1. The first kappa shape index (κ1) is 28.1. The summed E-state index contributed by atoms with van der Waals surface area (Å²) in [7, 11) is 0. The molecule has 3 N–H and O–H groups in total. The molecule has 2 aliphatic heterocycles. The third kappa shape index (κ3) is 8.29. The lowest BCUT2D eigenvalue weighted by Crippen LogP contribution is -2.46. The number of piperazine rings is 1. The molecule has 0 atom stereocenters. The van der Waals surface area contributed by atoms with E-state index in [9.17, 15) is 0 Å². The van der Waals surface area contributed by atoms with Gasteiger partial charge >= 0.3 is 0 Å². The van der Waals surface area contributed by atoms with Gasteiger partial charge in [-0.3, -0.25) is 4.90 Å². The van der Waals surface area contributed by atoms with Gasteiger partial charge in [0.1, 0.15) is 0 Å². The van der Waals surface area contributed by atoms with Gasteiger partial charge in [-0.2, -0.15) is 0 Å². The fourth-order valence-corrected chi connectivity index (χ4v) is 5.85. The summed E-state index contributed by atoms with van der Waals surface area (Å²) in [6.45, 7) is 17.4. The molecule has 2 fully saturated rings. The van der Waals surface area contributed by atoms with Crippen LogP contribution in [0.1, 0.15) is 56.9 Å². The number of para-hydroxylation sites is 1. The van der Waals surface area contributed by atoms with E-state index in [2.05, 4.69) is 75.6 Å². The number of unbranched alkanes of at least 4 members (excludes halogenated alkanes) is 5. The van der Waals surface area contributed by atoms with E-state index >= 15 is 0 Å². The quantitative estimate of drug-likeness (QED) is 0.225. The molecular weight excluding hydrogens is 466 g/mol. The van der Waals surface area contributed by atoms with Gasteiger partial charge in [0, 0.05) is 74.5 Å². The Kier molecular flexibility index (Phi) is 11.0. The summed E-state index contributed by atoms with van der Waals surface area (Å²) in [6.07, 6.45) is 12.1. The molecule has 2 aliphatic rings. The van der Waals surface area contributed by atoms with Gasteiger partial charge in [0.2, 0.25) is 0 Å². The summed E-state index contributed by atoms with van der Waals surface area (Å²) < 4.78 is 0. The van der Waals surface area contributed by atoms with Gasteiger partial charge in [0.25, 0.3) is 0 Å². The molecule has 5 heteroatoms. The van der Waals surface area contributed by atoms with E-state index in [0.29, 0.717) is 5.92 Å². The van der Waals surface area contributed by atoms with Crippen LogP contribution in [0.25, 0.3) is 6.08 Å². The molecule has 5 nitrogen and oxygen atoms in total. The predicted molar refractivity (Wildman–Crippen MR) is 166 cm³/mol. The second kappa shape index (κ2) is 14.9. The molecule has 0 aromatic heterocycles. The Morgan fingerprint density at radius 2 is 1.47 bits per heavy atom. The molecule has 0 aliphatic carbocycles. The number of hydrogen-bond donors (Lipinski definition) is 2. The largest absolute Gasteiger partial charge is 0.398 e. The summed E-state index contributed by atoms with van der Waals surface area (Å²) in [5.41, 5.74) is 11.7. The summed E-state index contributed by atoms with van der Waals surface area (Å²) >= 11 is 0. The molecule has 0 radical (unpaired) electrons. The number of anilines is 3. The van der Waals surface area contributed by atoms with Gasteiger partial charge in [-0.1, -0.05) is 63.1 Å². The van der Waals surface area contributed by atoms with Gasteiger partial charge in [0.15, 0.2) is 0 Å². The maximum absolute atomic E-state index is 6.02. The normalized spacial score (nSPS) is 16.9. The fourth-order valence-electron chi connectivity index (χ4n) is 5.85. The monoisotopic (exact) mass is 515 g/mol. The highest BCUT2D eigenvalue weighted by Gasteiger charge is 2.22. The fraction of sp³-hybridized carbons (Fsp3) is 0.515. The number of piperidine rings is 1. The molecule has 0 bridgehead atoms. The number of allylic oxidation sites excluding steroid dienone is 1. The number of nitrogens with two attached hydrogens (primary N) is 1. The van der Waals surface area contributed by atoms with Crippen molar-refractivity contribution in [3.05, 3.63) is 72.9 Å². The third-order valence-electron chi connectivity index (χ3n) is 8.39. The molecule has 206 valence electrons. The molecule has 0 amide bonds. The maximum atomic E-state index is 6.02. The standard InChI is InChI=1S/C33H49N5/c1-3-29-27-32(15-16-33(29)34)37-21-17-30(18-22-37)28(2)35-19-11-6-4-5-7-12-20-36-23-25-38(26-24-36)31-13-9-8-10-14-31/h3,8-10,13-16,27,30,35H,1-2,4-7,11-12,17-26,34H2. The van der Waals surface area contributed by atoms with Crippen molar-refractivity contribution in [2.24, 2.45) is 5.92 Å². The van der Waals surface area contributed by atoms with Crippen molar-refractivity contribution in [1.82, 2.24) is 10.2 Å². The zero-order chi connectivity index (χ0) is 26.6. The van der Waals surface area contributed by atoms with E-state index in [1.165, 1.54) is 75.2 Å². The Bertz CT molecular complexity index is 988. The van der Waals surface area contributed by atoms with Crippen molar-refractivity contribution < 1.29 is 0 Å². The molecule has 38 heavy (non-hydrogen) atoms. The number of rotatable bonds is 14. The minimum atomic E-state index is 0.577. The van der Waals surface area contributed by atoms with Crippen molar-refractivity contribution >= 4 is 23.1 Å². The zero-order valence-corrected chi connectivity index (χ0v) is 23.4. The Hall–Kier alpha value is -2.92. The number of benzene rings is 2. The summed E-state index contributed by atoms with van der Waals surface area (Å²) in [4.78, 5) is 7.62.